The minimum absolute atomic E-state index is 0.0148. The van der Waals surface area contributed by atoms with Gasteiger partial charge in [-0.1, -0.05) is 54.1 Å². The third-order valence-corrected chi connectivity index (χ3v) is 7.60. The molecule has 0 bridgehead atoms. The maximum Gasteiger partial charge on any atom is 0.218 e. The molecule has 0 amide bonds. The van der Waals surface area contributed by atoms with Crippen LogP contribution >= 0.6 is 11.6 Å². The van der Waals surface area contributed by atoms with Gasteiger partial charge in [-0.3, -0.25) is 4.90 Å². The summed E-state index contributed by atoms with van der Waals surface area (Å²) >= 11 is 5.93. The maximum atomic E-state index is 13.2. The topological polar surface area (TPSA) is 40.6 Å². The first kappa shape index (κ1) is 18.9. The van der Waals surface area contributed by atoms with Gasteiger partial charge < -0.3 is 0 Å². The average molecular weight is 405 g/mol. The zero-order valence-electron chi connectivity index (χ0n) is 15.3. The van der Waals surface area contributed by atoms with Crippen LogP contribution in [0.4, 0.5) is 0 Å². The predicted molar refractivity (Wildman–Crippen MR) is 109 cm³/mol. The summed E-state index contributed by atoms with van der Waals surface area (Å²) in [5.74, 6) is 0.0267. The summed E-state index contributed by atoms with van der Waals surface area (Å²) in [6.07, 6.45) is 3.25. The predicted octanol–water partition coefficient (Wildman–Crippen LogP) is 3.56. The van der Waals surface area contributed by atoms with E-state index < -0.39 is 10.0 Å². The van der Waals surface area contributed by atoms with E-state index in [1.54, 1.807) is 28.6 Å². The molecule has 27 heavy (non-hydrogen) atoms. The molecular weight excluding hydrogens is 380 g/mol. The zero-order chi connectivity index (χ0) is 18.9. The lowest BCUT2D eigenvalue weighted by Crippen LogP contribution is -2.56. The van der Waals surface area contributed by atoms with Gasteiger partial charge in [0.25, 0.3) is 0 Å². The number of hydrogen-bond acceptors (Lipinski definition) is 3. The van der Waals surface area contributed by atoms with Crippen molar-refractivity contribution in [3.63, 3.8) is 0 Å². The van der Waals surface area contributed by atoms with E-state index in [0.717, 1.165) is 25.1 Å². The summed E-state index contributed by atoms with van der Waals surface area (Å²) in [6.45, 7) is 2.22. The second kappa shape index (κ2) is 7.92. The number of hydrogen-bond donors (Lipinski definition) is 0. The summed E-state index contributed by atoms with van der Waals surface area (Å²) in [7, 11) is -3.38. The third kappa shape index (κ3) is 4.72. The molecule has 1 saturated carbocycles. The van der Waals surface area contributed by atoms with Crippen LogP contribution in [0.25, 0.3) is 0 Å². The molecule has 2 fully saturated rings. The summed E-state index contributed by atoms with van der Waals surface area (Å²) < 4.78 is 28.2. The summed E-state index contributed by atoms with van der Waals surface area (Å²) in [6, 6.07) is 17.9. The summed E-state index contributed by atoms with van der Waals surface area (Å²) in [4.78, 5) is 2.47. The Morgan fingerprint density at radius 2 is 1.63 bits per heavy atom. The van der Waals surface area contributed by atoms with E-state index in [9.17, 15) is 8.42 Å². The summed E-state index contributed by atoms with van der Waals surface area (Å²) in [5.41, 5.74) is 1.97. The van der Waals surface area contributed by atoms with Crippen LogP contribution in [-0.4, -0.2) is 49.3 Å². The zero-order valence-corrected chi connectivity index (χ0v) is 16.9. The van der Waals surface area contributed by atoms with Gasteiger partial charge in [0.1, 0.15) is 0 Å². The molecule has 6 heteroatoms. The molecule has 2 aromatic rings. The quantitative estimate of drug-likeness (QED) is 0.739. The van der Waals surface area contributed by atoms with Gasteiger partial charge in [-0.15, -0.1) is 0 Å². The Kier molecular flexibility index (Phi) is 5.55. The molecule has 1 aliphatic heterocycles. The number of piperazine rings is 1. The molecule has 1 unspecified atom stereocenters. The van der Waals surface area contributed by atoms with Crippen molar-refractivity contribution in [2.24, 2.45) is 0 Å². The molecule has 2 aromatic carbocycles. The van der Waals surface area contributed by atoms with Gasteiger partial charge in [0.15, 0.2) is 0 Å². The minimum atomic E-state index is -3.38. The minimum Gasteiger partial charge on any atom is -0.297 e. The molecule has 0 aromatic heterocycles. The van der Waals surface area contributed by atoms with Gasteiger partial charge in [-0.25, -0.2) is 8.42 Å². The van der Waals surface area contributed by atoms with Gasteiger partial charge in [0, 0.05) is 36.7 Å². The monoisotopic (exact) mass is 404 g/mol. The van der Waals surface area contributed by atoms with E-state index in [-0.39, 0.29) is 11.8 Å². The van der Waals surface area contributed by atoms with Crippen molar-refractivity contribution >= 4 is 21.6 Å². The van der Waals surface area contributed by atoms with Crippen LogP contribution in [0.1, 0.15) is 24.0 Å². The molecule has 144 valence electrons. The maximum absolute atomic E-state index is 13.2. The van der Waals surface area contributed by atoms with E-state index in [0.29, 0.717) is 17.6 Å². The molecule has 1 heterocycles. The Labute approximate surface area is 166 Å². The first-order valence-electron chi connectivity index (χ1n) is 9.53. The lowest BCUT2D eigenvalue weighted by molar-refractivity contribution is 0.128. The second-order valence-electron chi connectivity index (χ2n) is 7.56. The number of benzene rings is 2. The molecule has 1 aliphatic carbocycles. The normalized spacial score (nSPS) is 22.0. The smallest absolute Gasteiger partial charge is 0.218 e. The molecule has 0 radical (unpaired) electrons. The molecule has 1 saturated heterocycles. The van der Waals surface area contributed by atoms with Crippen LogP contribution in [0, 0.1) is 0 Å². The number of sulfonamides is 1. The highest BCUT2D eigenvalue weighted by Crippen LogP contribution is 2.31. The summed E-state index contributed by atoms with van der Waals surface area (Å²) in [5, 5.41) is 0.621. The first-order chi connectivity index (χ1) is 13.0. The van der Waals surface area contributed by atoms with Gasteiger partial charge in [0.2, 0.25) is 10.0 Å². The molecule has 0 spiro atoms. The van der Waals surface area contributed by atoms with Crippen LogP contribution in [0.3, 0.4) is 0 Å². The van der Waals surface area contributed by atoms with Crippen LogP contribution in [0.15, 0.2) is 54.6 Å². The van der Waals surface area contributed by atoms with E-state index in [1.807, 2.05) is 18.2 Å². The van der Waals surface area contributed by atoms with Crippen molar-refractivity contribution in [2.45, 2.75) is 37.1 Å². The fourth-order valence-corrected chi connectivity index (χ4v) is 5.79. The van der Waals surface area contributed by atoms with Crippen molar-refractivity contribution in [1.82, 2.24) is 9.21 Å². The highest BCUT2D eigenvalue weighted by molar-refractivity contribution is 7.88. The molecule has 4 nitrogen and oxygen atoms in total. The van der Waals surface area contributed by atoms with Crippen molar-refractivity contribution < 1.29 is 8.42 Å². The van der Waals surface area contributed by atoms with Gasteiger partial charge in [-0.05, 0) is 42.5 Å². The number of nitrogens with zero attached hydrogens (tertiary/aromatic N) is 2. The number of halogens is 1. The van der Waals surface area contributed by atoms with E-state index in [2.05, 4.69) is 17.0 Å². The van der Waals surface area contributed by atoms with Crippen LogP contribution in [-0.2, 0) is 22.2 Å². The van der Waals surface area contributed by atoms with Gasteiger partial charge >= 0.3 is 0 Å². The van der Waals surface area contributed by atoms with Crippen LogP contribution < -0.4 is 0 Å². The Morgan fingerprint density at radius 1 is 0.926 bits per heavy atom. The fourth-order valence-electron chi connectivity index (χ4n) is 3.93. The highest BCUT2D eigenvalue weighted by atomic mass is 35.5. The lowest BCUT2D eigenvalue weighted by atomic mass is 10.0. The molecule has 4 rings (SSSR count). The molecular formula is C21H25ClN2O2S. The van der Waals surface area contributed by atoms with Crippen LogP contribution in [0.2, 0.25) is 5.02 Å². The SMILES string of the molecule is O=S(=O)(Cc1ccc(Cl)cc1)N1CCN(C2CC2)CC1Cc1ccccc1. The van der Waals surface area contributed by atoms with E-state index in [1.165, 1.54) is 18.4 Å². The Morgan fingerprint density at radius 3 is 2.30 bits per heavy atom. The number of rotatable bonds is 6. The van der Waals surface area contributed by atoms with Crippen molar-refractivity contribution in [1.29, 1.82) is 0 Å². The molecule has 0 N–H and O–H groups in total. The first-order valence-corrected chi connectivity index (χ1v) is 11.5. The lowest BCUT2D eigenvalue weighted by Gasteiger charge is -2.41. The van der Waals surface area contributed by atoms with Crippen molar-refractivity contribution in [3.05, 3.63) is 70.7 Å². The van der Waals surface area contributed by atoms with Crippen LogP contribution in [0.5, 0.6) is 0 Å². The Bertz CT molecular complexity index is 867. The standard InChI is InChI=1S/C21H25ClN2O2S/c22-19-8-6-18(7-9-19)16-27(25,26)24-13-12-23(20-10-11-20)15-21(24)14-17-4-2-1-3-5-17/h1-9,20-21H,10-16H2. The molecule has 2 aliphatic rings. The largest absolute Gasteiger partial charge is 0.297 e. The Hall–Kier alpha value is -1.40. The molecule has 1 atom stereocenters. The third-order valence-electron chi connectivity index (χ3n) is 5.46. The second-order valence-corrected chi connectivity index (χ2v) is 9.92. The van der Waals surface area contributed by atoms with Gasteiger partial charge in [0.05, 0.1) is 5.75 Å². The van der Waals surface area contributed by atoms with Crippen molar-refractivity contribution in [3.8, 4) is 0 Å². The van der Waals surface area contributed by atoms with E-state index >= 15 is 0 Å². The van der Waals surface area contributed by atoms with Crippen molar-refractivity contribution in [2.75, 3.05) is 19.6 Å². The van der Waals surface area contributed by atoms with Gasteiger partial charge in [-0.2, -0.15) is 4.31 Å². The van der Waals surface area contributed by atoms with E-state index in [4.69, 9.17) is 11.6 Å². The Balaban J connectivity index is 1.54. The fraction of sp³-hybridized carbons (Fsp3) is 0.429. The highest BCUT2D eigenvalue weighted by Gasteiger charge is 2.39. The average Bonchev–Trinajstić information content (AvgIpc) is 3.49.